The maximum Gasteiger partial charge on any atom is 0.325 e. The van der Waals surface area contributed by atoms with Gasteiger partial charge in [0.15, 0.2) is 5.78 Å². The smallest absolute Gasteiger partial charge is 0.325 e. The van der Waals surface area contributed by atoms with Crippen LogP contribution in [0.3, 0.4) is 0 Å². The molecule has 0 aromatic heterocycles. The molecule has 4 rings (SSSR count). The maximum absolute atomic E-state index is 13.1. The van der Waals surface area contributed by atoms with Crippen LogP contribution in [0.15, 0.2) is 29.2 Å². The molecule has 1 saturated carbocycles. The summed E-state index contributed by atoms with van der Waals surface area (Å²) < 4.78 is 27.2. The first-order chi connectivity index (χ1) is 16.1. The Hall–Kier alpha value is -2.79. The zero-order chi connectivity index (χ0) is 24.7. The van der Waals surface area contributed by atoms with Crippen molar-refractivity contribution >= 4 is 33.7 Å². The zero-order valence-corrected chi connectivity index (χ0v) is 20.3. The summed E-state index contributed by atoms with van der Waals surface area (Å²) in [6.07, 6.45) is 3.29. The molecule has 1 aliphatic carbocycles. The second-order valence-corrected chi connectivity index (χ2v) is 11.2. The average Bonchev–Trinajstić information content (AvgIpc) is 3.06. The Balaban J connectivity index is 1.37. The number of ketones is 1. The number of rotatable bonds is 5. The number of amides is 4. The quantitative estimate of drug-likeness (QED) is 0.489. The molecule has 1 aromatic carbocycles. The largest absolute Gasteiger partial charge is 0.338 e. The summed E-state index contributed by atoms with van der Waals surface area (Å²) in [5, 5.41) is 2.84. The van der Waals surface area contributed by atoms with Gasteiger partial charge in [-0.1, -0.05) is 31.9 Å². The van der Waals surface area contributed by atoms with E-state index in [4.69, 9.17) is 0 Å². The highest BCUT2D eigenvalue weighted by Gasteiger charge is 2.55. The minimum atomic E-state index is -3.76. The number of nitrogens with one attached hydrogen (secondary N) is 1. The number of hydrogen-bond acceptors (Lipinski definition) is 6. The molecule has 1 N–H and O–H groups in total. The Morgan fingerprint density at radius 1 is 1.06 bits per heavy atom. The van der Waals surface area contributed by atoms with E-state index in [2.05, 4.69) is 5.32 Å². The molecule has 2 aliphatic heterocycles. The minimum Gasteiger partial charge on any atom is -0.338 e. The predicted molar refractivity (Wildman–Crippen MR) is 122 cm³/mol. The van der Waals surface area contributed by atoms with Crippen LogP contribution in [0.1, 0.15) is 49.9 Å². The molecular formula is C23H30N4O6S. The van der Waals surface area contributed by atoms with Crippen LogP contribution in [0.2, 0.25) is 0 Å². The fourth-order valence-electron chi connectivity index (χ4n) is 5.06. The normalized spacial score (nSPS) is 26.1. The van der Waals surface area contributed by atoms with E-state index in [1.54, 1.807) is 0 Å². The van der Waals surface area contributed by atoms with Crippen molar-refractivity contribution in [1.82, 2.24) is 19.4 Å². The van der Waals surface area contributed by atoms with Crippen LogP contribution in [0.4, 0.5) is 4.79 Å². The number of hydrogen-bond donors (Lipinski definition) is 1. The number of nitrogens with zero attached hydrogens (tertiary/aromatic N) is 3. The fraction of sp³-hybridized carbons (Fsp3) is 0.565. The Labute approximate surface area is 199 Å². The average molecular weight is 491 g/mol. The molecule has 1 spiro atoms. The van der Waals surface area contributed by atoms with Crippen molar-refractivity contribution in [1.29, 1.82) is 0 Å². The monoisotopic (exact) mass is 490 g/mol. The summed E-state index contributed by atoms with van der Waals surface area (Å²) >= 11 is 0. The lowest BCUT2D eigenvalue weighted by atomic mass is 9.73. The Morgan fingerprint density at radius 2 is 1.71 bits per heavy atom. The number of carbonyl (C=O) groups is 4. The number of piperazine rings is 1. The molecule has 2 saturated heterocycles. The second-order valence-electron chi connectivity index (χ2n) is 9.31. The third-order valence-corrected chi connectivity index (χ3v) is 9.20. The lowest BCUT2D eigenvalue weighted by Crippen LogP contribution is -2.55. The lowest BCUT2D eigenvalue weighted by molar-refractivity contribution is -0.141. The first kappa shape index (κ1) is 24.3. The molecule has 184 valence electrons. The highest BCUT2D eigenvalue weighted by molar-refractivity contribution is 7.89. The van der Waals surface area contributed by atoms with E-state index in [-0.39, 0.29) is 61.1 Å². The van der Waals surface area contributed by atoms with Crippen LogP contribution < -0.4 is 5.32 Å². The van der Waals surface area contributed by atoms with Gasteiger partial charge in [0, 0.05) is 31.7 Å². The molecule has 0 unspecified atom stereocenters. The van der Waals surface area contributed by atoms with E-state index in [9.17, 15) is 27.6 Å². The zero-order valence-electron chi connectivity index (χ0n) is 19.5. The van der Waals surface area contributed by atoms with Crippen molar-refractivity contribution in [3.8, 4) is 0 Å². The molecular weight excluding hydrogens is 460 g/mol. The summed E-state index contributed by atoms with van der Waals surface area (Å²) in [6.45, 7) is 3.54. The molecule has 3 fully saturated rings. The molecule has 1 aromatic rings. The van der Waals surface area contributed by atoms with Crippen LogP contribution in [0.25, 0.3) is 0 Å². The van der Waals surface area contributed by atoms with Crippen molar-refractivity contribution in [3.05, 3.63) is 29.8 Å². The molecule has 4 amide bonds. The van der Waals surface area contributed by atoms with Gasteiger partial charge in [-0.2, -0.15) is 4.31 Å². The highest BCUT2D eigenvalue weighted by Crippen LogP contribution is 2.38. The number of carbonyl (C=O) groups excluding carboxylic acids is 4. The van der Waals surface area contributed by atoms with Gasteiger partial charge in [-0.25, -0.2) is 13.2 Å². The van der Waals surface area contributed by atoms with Gasteiger partial charge in [0.1, 0.15) is 12.1 Å². The van der Waals surface area contributed by atoms with Gasteiger partial charge in [0.25, 0.3) is 5.91 Å². The molecule has 0 bridgehead atoms. The Bertz CT molecular complexity index is 1110. The summed E-state index contributed by atoms with van der Waals surface area (Å²) in [7, 11) is -3.76. The van der Waals surface area contributed by atoms with E-state index >= 15 is 0 Å². The second kappa shape index (κ2) is 9.10. The first-order valence-electron chi connectivity index (χ1n) is 11.6. The van der Waals surface area contributed by atoms with Crippen LogP contribution in [-0.4, -0.2) is 84.4 Å². The van der Waals surface area contributed by atoms with E-state index < -0.39 is 21.6 Å². The minimum absolute atomic E-state index is 0.0102. The van der Waals surface area contributed by atoms with Crippen molar-refractivity contribution in [2.45, 2.75) is 50.0 Å². The number of Topliss-reactive ketones (excluding diaryl/α,β-unsaturated/α-hetero) is 1. The van der Waals surface area contributed by atoms with Crippen LogP contribution in [0, 0.1) is 5.92 Å². The lowest BCUT2D eigenvalue weighted by Gasteiger charge is -2.37. The van der Waals surface area contributed by atoms with Crippen molar-refractivity contribution in [3.63, 3.8) is 0 Å². The fourth-order valence-corrected chi connectivity index (χ4v) is 6.48. The third-order valence-electron chi connectivity index (χ3n) is 7.28. The topological polar surface area (TPSA) is 124 Å². The van der Waals surface area contributed by atoms with Gasteiger partial charge in [-0.05, 0) is 37.8 Å². The summed E-state index contributed by atoms with van der Waals surface area (Å²) in [6, 6.07) is 5.23. The molecule has 3 aliphatic rings. The number of sulfonamides is 1. The van der Waals surface area contributed by atoms with E-state index in [0.717, 1.165) is 24.2 Å². The molecule has 11 heteroatoms. The molecule has 10 nitrogen and oxygen atoms in total. The SMILES string of the molecule is CC(=O)c1ccc(S(=O)(=O)N2CCN(C(=O)CN3C(=O)N[C@@]4(CCCC[C@H]4C)C3=O)CC2)cc1. The first-order valence-corrected chi connectivity index (χ1v) is 13.0. The van der Waals surface area contributed by atoms with Crippen LogP contribution >= 0.6 is 0 Å². The van der Waals surface area contributed by atoms with Crippen LogP contribution in [-0.2, 0) is 19.6 Å². The number of imide groups is 1. The van der Waals surface area contributed by atoms with E-state index in [1.807, 2.05) is 6.92 Å². The van der Waals surface area contributed by atoms with Gasteiger partial charge in [0.2, 0.25) is 15.9 Å². The molecule has 2 heterocycles. The van der Waals surface area contributed by atoms with Gasteiger partial charge in [-0.3, -0.25) is 19.3 Å². The third kappa shape index (κ3) is 4.22. The predicted octanol–water partition coefficient (Wildman–Crippen LogP) is 1.22. The van der Waals surface area contributed by atoms with Crippen molar-refractivity contribution < 1.29 is 27.6 Å². The summed E-state index contributed by atoms with van der Waals surface area (Å²) in [4.78, 5) is 52.5. The summed E-state index contributed by atoms with van der Waals surface area (Å²) in [5.41, 5.74) is -0.486. The van der Waals surface area contributed by atoms with Gasteiger partial charge in [0.05, 0.1) is 4.90 Å². The molecule has 0 radical (unpaired) electrons. The highest BCUT2D eigenvalue weighted by atomic mass is 32.2. The number of benzene rings is 1. The van der Waals surface area contributed by atoms with Crippen molar-refractivity contribution in [2.75, 3.05) is 32.7 Å². The Morgan fingerprint density at radius 3 is 2.29 bits per heavy atom. The standard InChI is InChI=1S/C23H30N4O6S/c1-16-5-3-4-10-23(16)21(30)27(22(31)24-23)15-20(29)25-11-13-26(14-12-25)34(32,33)19-8-6-18(7-9-19)17(2)28/h6-9,16H,3-5,10-15H2,1-2H3,(H,24,31)/t16-,23-/m1/s1. The van der Waals surface area contributed by atoms with E-state index in [1.165, 1.54) is 40.4 Å². The summed E-state index contributed by atoms with van der Waals surface area (Å²) in [5.74, 6) is -0.860. The molecule has 34 heavy (non-hydrogen) atoms. The Kier molecular flexibility index (Phi) is 6.52. The van der Waals surface area contributed by atoms with Crippen molar-refractivity contribution in [2.24, 2.45) is 5.92 Å². The van der Waals surface area contributed by atoms with Gasteiger partial charge >= 0.3 is 6.03 Å². The molecule has 2 atom stereocenters. The maximum atomic E-state index is 13.1. The van der Waals surface area contributed by atoms with E-state index in [0.29, 0.717) is 12.0 Å². The number of urea groups is 1. The van der Waals surface area contributed by atoms with Gasteiger partial charge in [-0.15, -0.1) is 0 Å². The van der Waals surface area contributed by atoms with Gasteiger partial charge < -0.3 is 10.2 Å². The van der Waals surface area contributed by atoms with Crippen LogP contribution in [0.5, 0.6) is 0 Å².